The van der Waals surface area contributed by atoms with Crippen molar-refractivity contribution in [3.63, 3.8) is 0 Å². The van der Waals surface area contributed by atoms with Crippen LogP contribution in [0.15, 0.2) is 34.3 Å². The molecule has 4 rings (SSSR count). The molecule has 1 aromatic carbocycles. The third-order valence-electron chi connectivity index (χ3n) is 6.39. The summed E-state index contributed by atoms with van der Waals surface area (Å²) in [6.07, 6.45) is 2.79. The number of amides is 1. The van der Waals surface area contributed by atoms with E-state index < -0.39 is 0 Å². The molecule has 0 aliphatic carbocycles. The Morgan fingerprint density at radius 1 is 1.24 bits per heavy atom. The van der Waals surface area contributed by atoms with Gasteiger partial charge in [0.2, 0.25) is 5.91 Å². The summed E-state index contributed by atoms with van der Waals surface area (Å²) < 4.78 is 3.40. The SMILES string of the molecule is CCN(CC)CCCNC(=O)CC1CSc2nc3c(cnn3-c3ccc(C)c(C)c3)c(=O)n21. The number of hydrogen-bond acceptors (Lipinski definition) is 6. The minimum absolute atomic E-state index is 0.0224. The molecule has 176 valence electrons. The molecule has 0 radical (unpaired) electrons. The Balaban J connectivity index is 1.49. The van der Waals surface area contributed by atoms with Crippen molar-refractivity contribution in [1.29, 1.82) is 0 Å². The van der Waals surface area contributed by atoms with Crippen molar-refractivity contribution in [2.24, 2.45) is 0 Å². The van der Waals surface area contributed by atoms with Crippen LogP contribution in [0.4, 0.5) is 0 Å². The minimum Gasteiger partial charge on any atom is -0.356 e. The maximum atomic E-state index is 13.3. The summed E-state index contributed by atoms with van der Waals surface area (Å²) in [5.74, 6) is 0.643. The molecule has 3 heterocycles. The fraction of sp³-hybridized carbons (Fsp3) is 0.500. The normalized spacial score (nSPS) is 15.4. The standard InChI is InChI=1S/C24H32N6O2S/c1-5-28(6-2)11-7-10-25-21(31)13-19-15-33-24-27-22-20(23(32)29(19)24)14-26-30(22)18-9-8-16(3)17(4)12-18/h8-9,12,14,19H,5-7,10-11,13,15H2,1-4H3,(H,25,31). The van der Waals surface area contributed by atoms with Gasteiger partial charge in [0.05, 0.1) is 17.9 Å². The van der Waals surface area contributed by atoms with Crippen LogP contribution in [-0.4, -0.2) is 62.1 Å². The van der Waals surface area contributed by atoms with Crippen molar-refractivity contribution in [1.82, 2.24) is 29.5 Å². The predicted octanol–water partition coefficient (Wildman–Crippen LogP) is 3.08. The molecule has 1 N–H and O–H groups in total. The number of nitrogens with one attached hydrogen (secondary N) is 1. The van der Waals surface area contributed by atoms with Gasteiger partial charge in [-0.15, -0.1) is 0 Å². The van der Waals surface area contributed by atoms with E-state index >= 15 is 0 Å². The maximum Gasteiger partial charge on any atom is 0.265 e. The highest BCUT2D eigenvalue weighted by atomic mass is 32.2. The number of rotatable bonds is 9. The van der Waals surface area contributed by atoms with Crippen LogP contribution in [0.25, 0.3) is 16.7 Å². The summed E-state index contributed by atoms with van der Waals surface area (Å²) in [5.41, 5.74) is 3.67. The molecule has 8 nitrogen and oxygen atoms in total. The molecule has 1 unspecified atom stereocenters. The van der Waals surface area contributed by atoms with Gasteiger partial charge in [0, 0.05) is 18.7 Å². The lowest BCUT2D eigenvalue weighted by molar-refractivity contribution is -0.121. The monoisotopic (exact) mass is 468 g/mol. The van der Waals surface area contributed by atoms with Crippen LogP contribution in [0.2, 0.25) is 0 Å². The zero-order valence-corrected chi connectivity index (χ0v) is 20.6. The second kappa shape index (κ2) is 10.1. The molecule has 33 heavy (non-hydrogen) atoms. The van der Waals surface area contributed by atoms with E-state index in [1.165, 1.54) is 17.3 Å². The van der Waals surface area contributed by atoms with Gasteiger partial charge in [0.15, 0.2) is 10.8 Å². The first kappa shape index (κ1) is 23.5. The molecule has 0 saturated carbocycles. The highest BCUT2D eigenvalue weighted by Crippen LogP contribution is 2.33. The van der Waals surface area contributed by atoms with Gasteiger partial charge in [-0.1, -0.05) is 31.7 Å². The number of nitrogens with zero attached hydrogens (tertiary/aromatic N) is 5. The Labute approximate surface area is 198 Å². The summed E-state index contributed by atoms with van der Waals surface area (Å²) in [6.45, 7) is 12.1. The van der Waals surface area contributed by atoms with Crippen LogP contribution in [0, 0.1) is 13.8 Å². The van der Waals surface area contributed by atoms with Crippen molar-refractivity contribution in [3.05, 3.63) is 45.9 Å². The smallest absolute Gasteiger partial charge is 0.265 e. The second-order valence-corrected chi connectivity index (χ2v) is 9.52. The predicted molar refractivity (Wildman–Crippen MR) is 132 cm³/mol. The van der Waals surface area contributed by atoms with E-state index in [4.69, 9.17) is 4.98 Å². The topological polar surface area (TPSA) is 85.1 Å². The molecular formula is C24H32N6O2S. The number of hydrogen-bond donors (Lipinski definition) is 1. The second-order valence-electron chi connectivity index (χ2n) is 8.53. The summed E-state index contributed by atoms with van der Waals surface area (Å²) in [7, 11) is 0. The zero-order valence-electron chi connectivity index (χ0n) is 19.8. The van der Waals surface area contributed by atoms with Crippen molar-refractivity contribution in [2.45, 2.75) is 51.7 Å². The van der Waals surface area contributed by atoms with E-state index in [-0.39, 0.29) is 23.9 Å². The molecule has 9 heteroatoms. The van der Waals surface area contributed by atoms with Crippen molar-refractivity contribution < 1.29 is 4.79 Å². The van der Waals surface area contributed by atoms with Crippen molar-refractivity contribution >= 4 is 28.7 Å². The Morgan fingerprint density at radius 2 is 2.03 bits per heavy atom. The molecule has 1 amide bonds. The third kappa shape index (κ3) is 4.84. The van der Waals surface area contributed by atoms with Crippen LogP contribution in [0.5, 0.6) is 0 Å². The third-order valence-corrected chi connectivity index (χ3v) is 7.49. The van der Waals surface area contributed by atoms with Crippen LogP contribution < -0.4 is 10.9 Å². The Morgan fingerprint density at radius 3 is 2.76 bits per heavy atom. The minimum atomic E-state index is -0.192. The highest BCUT2D eigenvalue weighted by Gasteiger charge is 2.29. The van der Waals surface area contributed by atoms with E-state index in [1.54, 1.807) is 15.4 Å². The molecule has 0 spiro atoms. The molecule has 0 fully saturated rings. The van der Waals surface area contributed by atoms with Crippen molar-refractivity contribution in [3.8, 4) is 5.69 Å². The molecule has 1 aliphatic heterocycles. The van der Waals surface area contributed by atoms with Gasteiger partial charge in [-0.05, 0) is 63.2 Å². The lowest BCUT2D eigenvalue weighted by Gasteiger charge is -2.18. The van der Waals surface area contributed by atoms with Crippen LogP contribution in [0.1, 0.15) is 43.9 Å². The van der Waals surface area contributed by atoms with Crippen LogP contribution in [0.3, 0.4) is 0 Å². The zero-order chi connectivity index (χ0) is 23.5. The first-order chi connectivity index (χ1) is 15.9. The lowest BCUT2D eigenvalue weighted by Crippen LogP contribution is -2.32. The van der Waals surface area contributed by atoms with Gasteiger partial charge in [-0.25, -0.2) is 9.67 Å². The first-order valence-corrected chi connectivity index (χ1v) is 12.6. The number of fused-ring (bicyclic) bond motifs is 2. The Hall–Kier alpha value is -2.65. The number of carbonyl (C=O) groups is 1. The van der Waals surface area contributed by atoms with E-state index in [0.29, 0.717) is 28.5 Å². The summed E-state index contributed by atoms with van der Waals surface area (Å²) in [6, 6.07) is 5.89. The molecular weight excluding hydrogens is 436 g/mol. The van der Waals surface area contributed by atoms with Gasteiger partial charge in [0.1, 0.15) is 5.39 Å². The van der Waals surface area contributed by atoms with Crippen LogP contribution >= 0.6 is 11.8 Å². The summed E-state index contributed by atoms with van der Waals surface area (Å²) >= 11 is 1.52. The highest BCUT2D eigenvalue weighted by molar-refractivity contribution is 7.99. The largest absolute Gasteiger partial charge is 0.356 e. The van der Waals surface area contributed by atoms with Gasteiger partial charge >= 0.3 is 0 Å². The van der Waals surface area contributed by atoms with Crippen molar-refractivity contribution in [2.75, 3.05) is 31.9 Å². The molecule has 1 atom stereocenters. The Kier molecular flexibility index (Phi) is 7.19. The molecule has 1 aliphatic rings. The van der Waals surface area contributed by atoms with Crippen LogP contribution in [-0.2, 0) is 4.79 Å². The van der Waals surface area contributed by atoms with E-state index in [0.717, 1.165) is 37.3 Å². The molecule has 0 bridgehead atoms. The number of aromatic nitrogens is 4. The molecule has 2 aromatic heterocycles. The average Bonchev–Trinajstić information content (AvgIpc) is 3.41. The van der Waals surface area contributed by atoms with Gasteiger partial charge in [-0.2, -0.15) is 5.10 Å². The fourth-order valence-corrected chi connectivity index (χ4v) is 5.31. The number of thioether (sulfide) groups is 1. The number of aryl methyl sites for hydroxylation is 2. The maximum absolute atomic E-state index is 13.3. The first-order valence-electron chi connectivity index (χ1n) is 11.6. The summed E-state index contributed by atoms with van der Waals surface area (Å²) in [4.78, 5) is 32.9. The fourth-order valence-electron chi connectivity index (χ4n) is 4.18. The van der Waals surface area contributed by atoms with E-state index in [1.807, 2.05) is 12.1 Å². The van der Waals surface area contributed by atoms with Gasteiger partial charge < -0.3 is 10.2 Å². The lowest BCUT2D eigenvalue weighted by atomic mass is 10.1. The van der Waals surface area contributed by atoms with Gasteiger partial charge in [-0.3, -0.25) is 14.2 Å². The average molecular weight is 469 g/mol. The van der Waals surface area contributed by atoms with E-state index in [9.17, 15) is 9.59 Å². The Bertz CT molecular complexity index is 1210. The van der Waals surface area contributed by atoms with E-state index in [2.05, 4.69) is 49.1 Å². The van der Waals surface area contributed by atoms with Gasteiger partial charge in [0.25, 0.3) is 5.56 Å². The quantitative estimate of drug-likeness (QED) is 0.384. The molecule has 0 saturated heterocycles. The number of benzene rings is 1. The number of carbonyl (C=O) groups excluding carboxylic acids is 1. The molecule has 3 aromatic rings. The summed E-state index contributed by atoms with van der Waals surface area (Å²) in [5, 5.41) is 8.59.